The number of urea groups is 1. The molecule has 0 heterocycles. The van der Waals surface area contributed by atoms with E-state index < -0.39 is 0 Å². The molecule has 1 saturated carbocycles. The van der Waals surface area contributed by atoms with E-state index >= 15 is 0 Å². The van der Waals surface area contributed by atoms with Crippen LogP contribution in [-0.2, 0) is 6.42 Å². The quantitative estimate of drug-likeness (QED) is 0.804. The number of benzene rings is 1. The Balaban J connectivity index is 1.66. The lowest BCUT2D eigenvalue weighted by atomic mass is 10.1. The number of carbonyl (C=O) groups is 1. The number of hydrogen-bond acceptors (Lipinski definition) is 1. The van der Waals surface area contributed by atoms with Crippen LogP contribution in [0.15, 0.2) is 30.3 Å². The summed E-state index contributed by atoms with van der Waals surface area (Å²) in [6.07, 6.45) is 4.24. The summed E-state index contributed by atoms with van der Waals surface area (Å²) in [5.74, 6) is 0. The number of hydrogen-bond donors (Lipinski definition) is 2. The molecule has 0 spiro atoms. The van der Waals surface area contributed by atoms with E-state index in [2.05, 4.69) is 29.7 Å². The molecule has 1 fully saturated rings. The first-order valence-electron chi connectivity index (χ1n) is 6.35. The number of amides is 2. The highest BCUT2D eigenvalue weighted by atomic mass is 16.2. The third kappa shape index (κ3) is 4.47. The van der Waals surface area contributed by atoms with Crippen molar-refractivity contribution in [2.75, 3.05) is 0 Å². The molecule has 2 amide bonds. The lowest BCUT2D eigenvalue weighted by Gasteiger charge is -2.14. The van der Waals surface area contributed by atoms with Gasteiger partial charge in [0.1, 0.15) is 0 Å². The van der Waals surface area contributed by atoms with Gasteiger partial charge >= 0.3 is 6.03 Å². The molecule has 0 aliphatic heterocycles. The third-order valence-corrected chi connectivity index (χ3v) is 3.00. The molecule has 0 unspecified atom stereocenters. The molecule has 0 bridgehead atoms. The van der Waals surface area contributed by atoms with Crippen molar-refractivity contribution in [1.29, 1.82) is 0 Å². The largest absolute Gasteiger partial charge is 0.336 e. The summed E-state index contributed by atoms with van der Waals surface area (Å²) in [7, 11) is 0. The zero-order valence-electron chi connectivity index (χ0n) is 10.3. The topological polar surface area (TPSA) is 41.1 Å². The summed E-state index contributed by atoms with van der Waals surface area (Å²) in [6, 6.07) is 11.0. The standard InChI is InChI=1S/C14H20N2O/c1-11(15-14(17)16-13-9-10-13)7-8-12-5-3-2-4-6-12/h2-6,11,13H,7-10H2,1H3,(H2,15,16,17)/t11-/m1/s1. The number of nitrogens with one attached hydrogen (secondary N) is 2. The minimum absolute atomic E-state index is 0.0203. The second kappa shape index (κ2) is 5.71. The van der Waals surface area contributed by atoms with Crippen LogP contribution in [0.25, 0.3) is 0 Å². The fraction of sp³-hybridized carbons (Fsp3) is 0.500. The maximum absolute atomic E-state index is 11.5. The van der Waals surface area contributed by atoms with Crippen LogP contribution in [0.5, 0.6) is 0 Å². The molecule has 2 N–H and O–H groups in total. The molecule has 1 atom stereocenters. The summed E-state index contributed by atoms with van der Waals surface area (Å²) in [4.78, 5) is 11.5. The van der Waals surface area contributed by atoms with Crippen molar-refractivity contribution < 1.29 is 4.79 Å². The smallest absolute Gasteiger partial charge is 0.315 e. The first-order valence-corrected chi connectivity index (χ1v) is 6.35. The number of aryl methyl sites for hydroxylation is 1. The first kappa shape index (κ1) is 12.0. The maximum Gasteiger partial charge on any atom is 0.315 e. The van der Waals surface area contributed by atoms with Gasteiger partial charge in [0.05, 0.1) is 0 Å². The van der Waals surface area contributed by atoms with Crippen LogP contribution in [-0.4, -0.2) is 18.1 Å². The van der Waals surface area contributed by atoms with Crippen LogP contribution >= 0.6 is 0 Å². The molecule has 3 nitrogen and oxygen atoms in total. The van der Waals surface area contributed by atoms with Gasteiger partial charge in [0.25, 0.3) is 0 Å². The van der Waals surface area contributed by atoms with Crippen molar-refractivity contribution >= 4 is 6.03 Å². The van der Waals surface area contributed by atoms with Crippen molar-refractivity contribution in [1.82, 2.24) is 10.6 Å². The van der Waals surface area contributed by atoms with Crippen molar-refractivity contribution in [3.05, 3.63) is 35.9 Å². The van der Waals surface area contributed by atoms with E-state index in [9.17, 15) is 4.79 Å². The molecule has 92 valence electrons. The van der Waals surface area contributed by atoms with Gasteiger partial charge in [-0.15, -0.1) is 0 Å². The van der Waals surface area contributed by atoms with Crippen molar-refractivity contribution in [2.24, 2.45) is 0 Å². The van der Waals surface area contributed by atoms with E-state index in [4.69, 9.17) is 0 Å². The number of rotatable bonds is 5. The fourth-order valence-electron chi connectivity index (χ4n) is 1.78. The highest BCUT2D eigenvalue weighted by molar-refractivity contribution is 5.74. The van der Waals surface area contributed by atoms with E-state index in [1.165, 1.54) is 5.56 Å². The molecular formula is C14H20N2O. The maximum atomic E-state index is 11.5. The fourth-order valence-corrected chi connectivity index (χ4v) is 1.78. The zero-order valence-corrected chi connectivity index (χ0v) is 10.3. The van der Waals surface area contributed by atoms with E-state index in [1.807, 2.05) is 18.2 Å². The van der Waals surface area contributed by atoms with Gasteiger partial charge in [-0.1, -0.05) is 30.3 Å². The molecule has 0 saturated heterocycles. The molecule has 0 radical (unpaired) electrons. The minimum Gasteiger partial charge on any atom is -0.336 e. The van der Waals surface area contributed by atoms with Crippen LogP contribution < -0.4 is 10.6 Å². The normalized spacial score (nSPS) is 16.3. The van der Waals surface area contributed by atoms with Crippen LogP contribution in [0.3, 0.4) is 0 Å². The number of carbonyl (C=O) groups excluding carboxylic acids is 1. The van der Waals surface area contributed by atoms with Gasteiger partial charge in [-0.3, -0.25) is 0 Å². The first-order chi connectivity index (χ1) is 8.24. The van der Waals surface area contributed by atoms with Crippen LogP contribution in [0.4, 0.5) is 4.79 Å². The Morgan fingerprint density at radius 3 is 2.71 bits per heavy atom. The summed E-state index contributed by atoms with van der Waals surface area (Å²) < 4.78 is 0. The Morgan fingerprint density at radius 1 is 1.35 bits per heavy atom. The zero-order chi connectivity index (χ0) is 12.1. The molecule has 2 rings (SSSR count). The van der Waals surface area contributed by atoms with Gasteiger partial charge in [0.2, 0.25) is 0 Å². The molecule has 1 aromatic carbocycles. The molecule has 1 aliphatic rings. The van der Waals surface area contributed by atoms with Gasteiger partial charge in [0.15, 0.2) is 0 Å². The molecule has 3 heteroatoms. The average Bonchev–Trinajstić information content (AvgIpc) is 3.11. The van der Waals surface area contributed by atoms with Crippen LogP contribution in [0.1, 0.15) is 31.7 Å². The monoisotopic (exact) mass is 232 g/mol. The molecule has 17 heavy (non-hydrogen) atoms. The molecular weight excluding hydrogens is 212 g/mol. The second-order valence-electron chi connectivity index (χ2n) is 4.82. The summed E-state index contributed by atoms with van der Waals surface area (Å²) in [5, 5.41) is 5.90. The summed E-state index contributed by atoms with van der Waals surface area (Å²) in [6.45, 7) is 2.05. The van der Waals surface area contributed by atoms with Gasteiger partial charge < -0.3 is 10.6 Å². The van der Waals surface area contributed by atoms with Gasteiger partial charge in [-0.25, -0.2) is 4.79 Å². The van der Waals surface area contributed by atoms with Crippen LogP contribution in [0.2, 0.25) is 0 Å². The Bertz CT molecular complexity index is 360. The predicted octanol–water partition coefficient (Wildman–Crippen LogP) is 2.47. The van der Waals surface area contributed by atoms with Gasteiger partial charge in [-0.2, -0.15) is 0 Å². The van der Waals surface area contributed by atoms with Crippen molar-refractivity contribution in [3.8, 4) is 0 Å². The third-order valence-electron chi connectivity index (χ3n) is 3.00. The van der Waals surface area contributed by atoms with E-state index in [0.717, 1.165) is 25.7 Å². The lowest BCUT2D eigenvalue weighted by Crippen LogP contribution is -2.41. The predicted molar refractivity (Wildman–Crippen MR) is 68.9 cm³/mol. The molecule has 1 aliphatic carbocycles. The van der Waals surface area contributed by atoms with Crippen LogP contribution in [0, 0.1) is 0 Å². The summed E-state index contributed by atoms with van der Waals surface area (Å²) >= 11 is 0. The SMILES string of the molecule is C[C@H](CCc1ccccc1)NC(=O)NC1CC1. The van der Waals surface area contributed by atoms with E-state index in [-0.39, 0.29) is 12.1 Å². The summed E-state index contributed by atoms with van der Waals surface area (Å²) in [5.41, 5.74) is 1.32. The Morgan fingerprint density at radius 2 is 2.06 bits per heavy atom. The Labute approximate surface area is 103 Å². The lowest BCUT2D eigenvalue weighted by molar-refractivity contribution is 0.237. The Kier molecular flexibility index (Phi) is 4.02. The molecule has 1 aromatic rings. The second-order valence-corrected chi connectivity index (χ2v) is 4.82. The average molecular weight is 232 g/mol. The Hall–Kier alpha value is -1.51. The van der Waals surface area contributed by atoms with E-state index in [0.29, 0.717) is 6.04 Å². The van der Waals surface area contributed by atoms with E-state index in [1.54, 1.807) is 0 Å². The van der Waals surface area contributed by atoms with Crippen molar-refractivity contribution in [2.45, 2.75) is 44.7 Å². The molecule has 0 aromatic heterocycles. The highest BCUT2D eigenvalue weighted by Crippen LogP contribution is 2.18. The minimum atomic E-state index is -0.0203. The van der Waals surface area contributed by atoms with Gasteiger partial charge in [-0.05, 0) is 38.2 Å². The van der Waals surface area contributed by atoms with Crippen molar-refractivity contribution in [3.63, 3.8) is 0 Å². The van der Waals surface area contributed by atoms with Gasteiger partial charge in [0, 0.05) is 12.1 Å². The highest BCUT2D eigenvalue weighted by Gasteiger charge is 2.23.